The van der Waals surface area contributed by atoms with Crippen molar-refractivity contribution >= 4 is 87.2 Å². The van der Waals surface area contributed by atoms with Gasteiger partial charge in [0.2, 0.25) is 0 Å². The summed E-state index contributed by atoms with van der Waals surface area (Å²) in [4.78, 5) is 19.9. The van der Waals surface area contributed by atoms with Crippen LogP contribution >= 0.6 is 0 Å². The Morgan fingerprint density at radius 3 is 0.588 bits per heavy atom. The van der Waals surface area contributed by atoms with E-state index in [-0.39, 0.29) is 0 Å². The molecule has 0 atom stereocenters. The summed E-state index contributed by atoms with van der Waals surface area (Å²) in [7, 11) is 0. The first-order valence-corrected chi connectivity index (χ1v) is 46.2. The van der Waals surface area contributed by atoms with E-state index in [4.69, 9.17) is 19.9 Å². The molecular weight excluding hydrogens is 1650 g/mol. The maximum Gasteiger partial charge on any atom is 0.160 e. The Morgan fingerprint density at radius 2 is 0.294 bits per heavy atom. The van der Waals surface area contributed by atoms with Gasteiger partial charge < -0.3 is 18.3 Å². The smallest absolute Gasteiger partial charge is 0.160 e. The summed E-state index contributed by atoms with van der Waals surface area (Å²) in [5, 5.41) is 10.2. The van der Waals surface area contributed by atoms with Crippen LogP contribution in [0.3, 0.4) is 0 Å². The Bertz CT molecular complexity index is 8410. The van der Waals surface area contributed by atoms with Gasteiger partial charge in [0.1, 0.15) is 0 Å². The third kappa shape index (κ3) is 15.5. The summed E-state index contributed by atoms with van der Waals surface area (Å²) in [6.45, 7) is 0. The van der Waals surface area contributed by atoms with Crippen LogP contribution < -0.4 is 0 Å². The lowest BCUT2D eigenvalue weighted by Crippen LogP contribution is -1.96. The molecule has 0 saturated heterocycles. The molecule has 20 aromatic carbocycles. The molecule has 0 saturated carbocycles. The van der Waals surface area contributed by atoms with Crippen LogP contribution in [0.4, 0.5) is 0 Å². The van der Waals surface area contributed by atoms with E-state index in [9.17, 15) is 0 Å². The van der Waals surface area contributed by atoms with Crippen molar-refractivity contribution in [3.63, 3.8) is 0 Å². The molecule has 0 amide bonds. The molecule has 6 heterocycles. The molecule has 8 nitrogen and oxygen atoms in total. The monoisotopic (exact) mass is 1730 g/mol. The molecule has 6 aromatic heterocycles. The Balaban J connectivity index is 0.000000112. The number of rotatable bonds is 15. The molecule has 0 spiro atoms. The molecule has 638 valence electrons. The number of hydrogen-bond donors (Lipinski definition) is 0. The van der Waals surface area contributed by atoms with Gasteiger partial charge in [-0.3, -0.25) is 0 Å². The SMILES string of the molecule is c1cc(-c2cccc(-c3cccc(-n4c5ccccc5c5ccccc54)c3)c2)cc(-c2cccc(-n3c4ccccc4c4ccccc43)c2)c1.c1ccc(-c2cc(-c3ccc(-c4ccc(-n5c6ccccc6c6ccccc65)cc4)cc3)nc(-c3ccccc3)n2)cc1.c1ccc(-c2cc(-c3cccc(-c4ccc(-n5c6ccccc6c6ccccc65)cc4)c3)nc(-c3ccccc3)n2)cc1. The minimum Gasteiger partial charge on any atom is -0.309 e. The summed E-state index contributed by atoms with van der Waals surface area (Å²) in [6.07, 6.45) is 0. The highest BCUT2D eigenvalue weighted by Crippen LogP contribution is 2.42. The molecule has 0 bridgehead atoms. The molecular formula is C128H86N8. The van der Waals surface area contributed by atoms with Gasteiger partial charge in [0.05, 0.1) is 66.9 Å². The third-order valence-corrected chi connectivity index (χ3v) is 26.2. The van der Waals surface area contributed by atoms with E-state index in [1.807, 2.05) is 72.8 Å². The van der Waals surface area contributed by atoms with Gasteiger partial charge in [0.25, 0.3) is 0 Å². The molecule has 0 aliphatic rings. The summed E-state index contributed by atoms with van der Waals surface area (Å²) < 4.78 is 9.47. The molecule has 26 rings (SSSR count). The lowest BCUT2D eigenvalue weighted by molar-refractivity contribution is 1.18. The largest absolute Gasteiger partial charge is 0.309 e. The average Bonchev–Trinajstić information content (AvgIpc) is 1.61. The van der Waals surface area contributed by atoms with E-state index in [1.165, 1.54) is 126 Å². The van der Waals surface area contributed by atoms with E-state index in [0.717, 1.165) is 107 Å². The predicted molar refractivity (Wildman–Crippen MR) is 568 cm³/mol. The fraction of sp³-hybridized carbons (Fsp3) is 0. The summed E-state index contributed by atoms with van der Waals surface area (Å²) in [5.74, 6) is 1.44. The second-order valence-corrected chi connectivity index (χ2v) is 34.4. The number of hydrogen-bond acceptors (Lipinski definition) is 4. The Hall–Kier alpha value is -18.2. The highest BCUT2D eigenvalue weighted by Gasteiger charge is 2.21. The lowest BCUT2D eigenvalue weighted by Gasteiger charge is -2.12. The van der Waals surface area contributed by atoms with Crippen LogP contribution in [-0.2, 0) is 0 Å². The molecule has 8 heteroatoms. The number of aromatic nitrogens is 8. The fourth-order valence-corrected chi connectivity index (χ4v) is 19.6. The van der Waals surface area contributed by atoms with Crippen molar-refractivity contribution in [2.45, 2.75) is 0 Å². The highest BCUT2D eigenvalue weighted by molar-refractivity contribution is 6.13. The Labute approximate surface area is 787 Å². The molecule has 0 N–H and O–H groups in total. The quantitative estimate of drug-likeness (QED) is 0.103. The van der Waals surface area contributed by atoms with Crippen molar-refractivity contribution in [1.82, 2.24) is 38.2 Å². The maximum absolute atomic E-state index is 5.03. The zero-order chi connectivity index (χ0) is 90.2. The number of nitrogens with zero attached hydrogens (tertiary/aromatic N) is 8. The summed E-state index contributed by atoms with van der Waals surface area (Å²) >= 11 is 0. The zero-order valence-electron chi connectivity index (χ0n) is 74.2. The topological polar surface area (TPSA) is 71.3 Å². The number of para-hydroxylation sites is 8. The summed E-state index contributed by atoms with van der Waals surface area (Å²) in [5.41, 5.74) is 36.1. The Kier molecular flexibility index (Phi) is 21.2. The standard InChI is InChI=1S/C48H32N2.2C40H27N3/c1-5-25-45-41(21-1)42-22-2-6-26-46(42)49(45)39-19-11-17-37(31-39)35-15-9-13-33(29-35)34-14-10-16-36(30-34)38-18-12-20-40(32-38)50-47-27-7-3-23-43(47)44-24-4-8-28-48(44)50;1-3-12-29(13-4-1)36-27-37(42-40(41-36)30-14-5-2-6-15-30)32-17-11-16-31(26-32)28-22-24-33(25-23-28)43-38-20-9-7-18-34(38)35-19-8-10-21-39(35)43;1-3-11-30(12-4-1)36-27-37(42-40(41-36)32-13-5-2-6-14-32)31-21-19-28(20-22-31)29-23-25-33(26-24-29)43-38-17-9-7-15-34(38)35-16-8-10-18-39(35)43/h1-32H;2*1-27H. The van der Waals surface area contributed by atoms with Gasteiger partial charge in [-0.05, 0) is 183 Å². The average molecular weight is 1740 g/mol. The molecule has 0 unspecified atom stereocenters. The second-order valence-electron chi connectivity index (χ2n) is 34.4. The lowest BCUT2D eigenvalue weighted by atomic mass is 9.96. The molecule has 26 aromatic rings. The van der Waals surface area contributed by atoms with Crippen LogP contribution in [0.25, 0.3) is 233 Å². The van der Waals surface area contributed by atoms with Crippen LogP contribution in [0.1, 0.15) is 0 Å². The van der Waals surface area contributed by atoms with Gasteiger partial charge in [-0.25, -0.2) is 19.9 Å². The van der Waals surface area contributed by atoms with Crippen LogP contribution in [0, 0.1) is 0 Å². The van der Waals surface area contributed by atoms with Crippen LogP contribution in [-0.4, -0.2) is 38.2 Å². The molecule has 0 fully saturated rings. The van der Waals surface area contributed by atoms with E-state index in [1.54, 1.807) is 0 Å². The van der Waals surface area contributed by atoms with Gasteiger partial charge in [-0.15, -0.1) is 0 Å². The predicted octanol–water partition coefficient (Wildman–Crippen LogP) is 33.4. The molecule has 136 heavy (non-hydrogen) atoms. The third-order valence-electron chi connectivity index (χ3n) is 26.2. The Morgan fingerprint density at radius 1 is 0.110 bits per heavy atom. The van der Waals surface area contributed by atoms with E-state index < -0.39 is 0 Å². The molecule has 0 aliphatic carbocycles. The maximum atomic E-state index is 5.03. The van der Waals surface area contributed by atoms with Gasteiger partial charge >= 0.3 is 0 Å². The summed E-state index contributed by atoms with van der Waals surface area (Å²) in [6, 6.07) is 185. The highest BCUT2D eigenvalue weighted by atomic mass is 15.0. The van der Waals surface area contributed by atoms with Crippen LogP contribution in [0.2, 0.25) is 0 Å². The van der Waals surface area contributed by atoms with E-state index in [2.05, 4.69) is 467 Å². The minimum atomic E-state index is 0.720. The van der Waals surface area contributed by atoms with Crippen molar-refractivity contribution in [2.75, 3.05) is 0 Å². The number of benzene rings is 20. The first kappa shape index (κ1) is 81.0. The van der Waals surface area contributed by atoms with Gasteiger partial charge in [-0.2, -0.15) is 0 Å². The van der Waals surface area contributed by atoms with Gasteiger partial charge in [-0.1, -0.05) is 394 Å². The van der Waals surface area contributed by atoms with Gasteiger partial charge in [0, 0.05) is 99.2 Å². The van der Waals surface area contributed by atoms with Crippen LogP contribution in [0.5, 0.6) is 0 Å². The molecule has 0 radical (unpaired) electrons. The van der Waals surface area contributed by atoms with Crippen LogP contribution in [0.15, 0.2) is 522 Å². The minimum absolute atomic E-state index is 0.720. The fourth-order valence-electron chi connectivity index (χ4n) is 19.6. The first-order chi connectivity index (χ1) is 67.4. The van der Waals surface area contributed by atoms with Crippen molar-refractivity contribution in [3.05, 3.63) is 522 Å². The van der Waals surface area contributed by atoms with Crippen molar-refractivity contribution < 1.29 is 0 Å². The van der Waals surface area contributed by atoms with Crippen molar-refractivity contribution in [1.29, 1.82) is 0 Å². The number of fused-ring (bicyclic) bond motifs is 12. The normalized spacial score (nSPS) is 11.4. The van der Waals surface area contributed by atoms with E-state index >= 15 is 0 Å². The molecule has 0 aliphatic heterocycles. The van der Waals surface area contributed by atoms with Gasteiger partial charge in [0.15, 0.2) is 11.6 Å². The van der Waals surface area contributed by atoms with Crippen molar-refractivity contribution in [2.24, 2.45) is 0 Å². The van der Waals surface area contributed by atoms with E-state index in [0.29, 0.717) is 0 Å². The second kappa shape index (κ2) is 35.6. The first-order valence-electron chi connectivity index (χ1n) is 46.2. The van der Waals surface area contributed by atoms with Crippen molar-refractivity contribution in [3.8, 4) is 146 Å². The zero-order valence-corrected chi connectivity index (χ0v) is 74.2.